The molecular formula is C30H47N5O2. The zero-order valence-electron chi connectivity index (χ0n) is 23.3. The molecule has 0 bridgehead atoms. The number of rotatable bonds is 18. The summed E-state index contributed by atoms with van der Waals surface area (Å²) in [4.78, 5) is 31.9. The average molecular weight is 510 g/mol. The molecule has 3 rings (SSSR count). The van der Waals surface area contributed by atoms with E-state index in [2.05, 4.69) is 53.4 Å². The van der Waals surface area contributed by atoms with E-state index in [4.69, 9.17) is 0 Å². The van der Waals surface area contributed by atoms with Crippen molar-refractivity contribution in [3.05, 3.63) is 56.2 Å². The lowest BCUT2D eigenvalue weighted by Crippen LogP contribution is -2.29. The number of hydrogen-bond donors (Lipinski definition) is 2. The summed E-state index contributed by atoms with van der Waals surface area (Å²) in [5.41, 5.74) is 2.43. The molecule has 0 atom stereocenters. The smallest absolute Gasteiger partial charge is 0.329 e. The molecule has 0 radical (unpaired) electrons. The van der Waals surface area contributed by atoms with Crippen LogP contribution in [0.25, 0.3) is 11.2 Å². The minimum absolute atomic E-state index is 0.376. The van der Waals surface area contributed by atoms with Crippen molar-refractivity contribution >= 4 is 17.1 Å². The minimum atomic E-state index is -0.441. The van der Waals surface area contributed by atoms with Crippen molar-refractivity contribution in [3.8, 4) is 0 Å². The molecule has 2 N–H and O–H groups in total. The Morgan fingerprint density at radius 1 is 0.811 bits per heavy atom. The van der Waals surface area contributed by atoms with Crippen LogP contribution in [0.15, 0.2) is 33.9 Å². The van der Waals surface area contributed by atoms with Crippen molar-refractivity contribution in [2.45, 2.75) is 117 Å². The quantitative estimate of drug-likeness (QED) is 0.184. The molecule has 0 aliphatic carbocycles. The van der Waals surface area contributed by atoms with Gasteiger partial charge in [0.1, 0.15) is 0 Å². The Labute approximate surface area is 221 Å². The summed E-state index contributed by atoms with van der Waals surface area (Å²) in [5, 5.41) is 3.40. The third kappa shape index (κ3) is 8.90. The molecule has 1 aromatic carbocycles. The number of H-pyrrole nitrogens is 1. The number of nitrogens with one attached hydrogen (secondary N) is 2. The van der Waals surface area contributed by atoms with Crippen LogP contribution in [-0.2, 0) is 20.1 Å². The van der Waals surface area contributed by atoms with E-state index in [1.165, 1.54) is 87.2 Å². The van der Waals surface area contributed by atoms with E-state index in [0.717, 1.165) is 18.4 Å². The van der Waals surface area contributed by atoms with Gasteiger partial charge in [-0.3, -0.25) is 14.3 Å². The van der Waals surface area contributed by atoms with Crippen LogP contribution >= 0.6 is 0 Å². The van der Waals surface area contributed by atoms with Crippen LogP contribution < -0.4 is 16.6 Å². The highest BCUT2D eigenvalue weighted by molar-refractivity contribution is 5.74. The molecule has 7 nitrogen and oxygen atoms in total. The van der Waals surface area contributed by atoms with Crippen LogP contribution in [0, 0.1) is 6.92 Å². The predicted octanol–water partition coefficient (Wildman–Crippen LogP) is 6.83. The Hall–Kier alpha value is -2.83. The first-order valence-corrected chi connectivity index (χ1v) is 14.5. The first-order valence-electron chi connectivity index (χ1n) is 14.5. The van der Waals surface area contributed by atoms with Gasteiger partial charge >= 0.3 is 5.69 Å². The molecule has 3 aromatic rings. The van der Waals surface area contributed by atoms with Gasteiger partial charge in [-0.1, -0.05) is 120 Å². The zero-order valence-corrected chi connectivity index (χ0v) is 23.3. The molecule has 7 heteroatoms. The van der Waals surface area contributed by atoms with Gasteiger partial charge in [0.2, 0.25) is 5.95 Å². The van der Waals surface area contributed by atoms with Crippen LogP contribution in [0.5, 0.6) is 0 Å². The third-order valence-electron chi connectivity index (χ3n) is 7.31. The molecule has 204 valence electrons. The summed E-state index contributed by atoms with van der Waals surface area (Å²) in [5.74, 6) is 0.636. The summed E-state index contributed by atoms with van der Waals surface area (Å²) in [6.45, 7) is 5.65. The maximum Gasteiger partial charge on any atom is 0.329 e. The van der Waals surface area contributed by atoms with Crippen molar-refractivity contribution in [2.75, 3.05) is 5.32 Å². The zero-order chi connectivity index (χ0) is 26.5. The highest BCUT2D eigenvalue weighted by Crippen LogP contribution is 2.19. The predicted molar refractivity (Wildman–Crippen MR) is 154 cm³/mol. The van der Waals surface area contributed by atoms with Crippen molar-refractivity contribution in [2.24, 2.45) is 7.05 Å². The number of aryl methyl sites for hydroxylation is 3. The second-order valence-electron chi connectivity index (χ2n) is 10.5. The maximum atomic E-state index is 12.7. The van der Waals surface area contributed by atoms with Gasteiger partial charge in [-0.2, -0.15) is 4.98 Å². The number of imidazole rings is 1. The standard InChI is InChI=1S/C30H47N5O2/c1-4-5-6-7-8-9-10-11-12-13-14-15-16-17-22-35-26-27(34(3)30(37)33-28(26)36)32-29(35)31-23-25-20-18-24(2)19-21-25/h18-21H,4-17,22-23H2,1-3H3,(H,31,32)(H,33,36,37). The van der Waals surface area contributed by atoms with Gasteiger partial charge in [-0.15, -0.1) is 0 Å². The van der Waals surface area contributed by atoms with E-state index in [9.17, 15) is 9.59 Å². The van der Waals surface area contributed by atoms with Gasteiger partial charge < -0.3 is 9.88 Å². The molecule has 2 heterocycles. The molecule has 0 unspecified atom stereocenters. The first-order chi connectivity index (χ1) is 18.0. The van der Waals surface area contributed by atoms with Crippen LogP contribution in [0.1, 0.15) is 108 Å². The lowest BCUT2D eigenvalue weighted by Gasteiger charge is -2.11. The molecule has 0 saturated heterocycles. The average Bonchev–Trinajstić information content (AvgIpc) is 3.26. The number of unbranched alkanes of at least 4 members (excludes halogenated alkanes) is 13. The van der Waals surface area contributed by atoms with Crippen molar-refractivity contribution in [1.82, 2.24) is 19.1 Å². The fourth-order valence-electron chi connectivity index (χ4n) is 4.94. The Morgan fingerprint density at radius 3 is 1.92 bits per heavy atom. The molecule has 0 aliphatic heterocycles. The highest BCUT2D eigenvalue weighted by Gasteiger charge is 2.17. The molecule has 0 spiro atoms. The number of fused-ring (bicyclic) bond motifs is 1. The highest BCUT2D eigenvalue weighted by atomic mass is 16.2. The fraction of sp³-hybridized carbons (Fsp3) is 0.633. The Bertz CT molecular complexity index is 1190. The van der Waals surface area contributed by atoms with Gasteiger partial charge in [0, 0.05) is 20.1 Å². The topological polar surface area (TPSA) is 84.7 Å². The third-order valence-corrected chi connectivity index (χ3v) is 7.31. The number of benzene rings is 1. The number of nitrogens with zero attached hydrogens (tertiary/aromatic N) is 3. The lowest BCUT2D eigenvalue weighted by atomic mass is 10.0. The molecule has 0 amide bonds. The monoisotopic (exact) mass is 509 g/mol. The normalized spacial score (nSPS) is 11.4. The Balaban J connectivity index is 1.46. The summed E-state index contributed by atoms with van der Waals surface area (Å²) >= 11 is 0. The van der Waals surface area contributed by atoms with E-state index in [-0.39, 0.29) is 5.56 Å². The van der Waals surface area contributed by atoms with Crippen LogP contribution in [0.3, 0.4) is 0 Å². The number of aromatic amines is 1. The summed E-state index contributed by atoms with van der Waals surface area (Å²) in [6.07, 6.45) is 18.3. The van der Waals surface area contributed by atoms with Gasteiger partial charge in [0.15, 0.2) is 11.2 Å². The summed E-state index contributed by atoms with van der Waals surface area (Å²) < 4.78 is 3.36. The van der Waals surface area contributed by atoms with Gasteiger partial charge in [0.25, 0.3) is 5.56 Å². The van der Waals surface area contributed by atoms with Crippen molar-refractivity contribution in [3.63, 3.8) is 0 Å². The molecule has 0 aliphatic rings. The first kappa shape index (κ1) is 28.7. The number of hydrogen-bond acceptors (Lipinski definition) is 4. The van der Waals surface area contributed by atoms with E-state index < -0.39 is 5.69 Å². The van der Waals surface area contributed by atoms with E-state index in [0.29, 0.717) is 30.2 Å². The Kier molecular flexibility index (Phi) is 12.0. The number of anilines is 1. The number of aromatic nitrogens is 4. The fourth-order valence-corrected chi connectivity index (χ4v) is 4.94. The lowest BCUT2D eigenvalue weighted by molar-refractivity contribution is 0.526. The van der Waals surface area contributed by atoms with Crippen molar-refractivity contribution in [1.29, 1.82) is 0 Å². The molecular weight excluding hydrogens is 462 g/mol. The summed E-state index contributed by atoms with van der Waals surface area (Å²) in [7, 11) is 1.65. The largest absolute Gasteiger partial charge is 0.352 e. The second kappa shape index (κ2) is 15.4. The van der Waals surface area contributed by atoms with E-state index in [1.807, 2.05) is 4.57 Å². The van der Waals surface area contributed by atoms with Gasteiger partial charge in [-0.05, 0) is 18.9 Å². The van der Waals surface area contributed by atoms with Gasteiger partial charge in [0.05, 0.1) is 0 Å². The van der Waals surface area contributed by atoms with Crippen molar-refractivity contribution < 1.29 is 0 Å². The van der Waals surface area contributed by atoms with E-state index >= 15 is 0 Å². The van der Waals surface area contributed by atoms with Crippen LogP contribution in [0.4, 0.5) is 5.95 Å². The SMILES string of the molecule is CCCCCCCCCCCCCCCCn1c(NCc2ccc(C)cc2)nc2c1c(=O)[nH]c(=O)n2C. The molecule has 37 heavy (non-hydrogen) atoms. The summed E-state index contributed by atoms with van der Waals surface area (Å²) in [6, 6.07) is 8.35. The van der Waals surface area contributed by atoms with E-state index in [1.54, 1.807) is 7.05 Å². The second-order valence-corrected chi connectivity index (χ2v) is 10.5. The van der Waals surface area contributed by atoms with Crippen LogP contribution in [0.2, 0.25) is 0 Å². The molecule has 0 saturated carbocycles. The maximum absolute atomic E-state index is 12.7. The minimum Gasteiger partial charge on any atom is -0.352 e. The van der Waals surface area contributed by atoms with Gasteiger partial charge in [-0.25, -0.2) is 4.79 Å². The molecule has 0 fully saturated rings. The molecule has 2 aromatic heterocycles. The van der Waals surface area contributed by atoms with Crippen LogP contribution in [-0.4, -0.2) is 19.1 Å². The Morgan fingerprint density at radius 2 is 1.35 bits per heavy atom.